The zero-order valence-corrected chi connectivity index (χ0v) is 9.47. The summed E-state index contributed by atoms with van der Waals surface area (Å²) in [4.78, 5) is 0. The third kappa shape index (κ3) is 4.58. The number of methoxy groups -OCH3 is 1. The van der Waals surface area contributed by atoms with Gasteiger partial charge in [0.25, 0.3) is 0 Å². The molecule has 5 heteroatoms. The highest BCUT2D eigenvalue weighted by Gasteiger charge is 2.08. The molecule has 0 unspecified atom stereocenters. The normalized spacial score (nSPS) is 11.3. The van der Waals surface area contributed by atoms with Crippen LogP contribution in [0.1, 0.15) is 5.56 Å². The second-order valence-electron chi connectivity index (χ2n) is 3.40. The van der Waals surface area contributed by atoms with Crippen LogP contribution in [-0.2, 0) is 4.74 Å². The third-order valence-corrected chi connectivity index (χ3v) is 2.06. The Morgan fingerprint density at radius 2 is 1.88 bits per heavy atom. The maximum absolute atomic E-state index is 12.8. The van der Waals surface area contributed by atoms with Crippen molar-refractivity contribution in [1.29, 1.82) is 0 Å². The van der Waals surface area contributed by atoms with Crippen LogP contribution in [-0.4, -0.2) is 26.8 Å². The van der Waals surface area contributed by atoms with E-state index >= 15 is 0 Å². The summed E-state index contributed by atoms with van der Waals surface area (Å²) >= 11 is 0. The standard InChI is InChI=1S/C12H14F3NO/c1-17-6-5-16-4-2-3-9-7-10(13)12(15)11(14)8-9/h2-3,7-8,16H,4-6H2,1H3. The molecule has 0 amide bonds. The molecule has 0 fully saturated rings. The molecule has 0 spiro atoms. The first-order chi connectivity index (χ1) is 8.15. The third-order valence-electron chi connectivity index (χ3n) is 2.06. The Labute approximate surface area is 98.1 Å². The van der Waals surface area contributed by atoms with Crippen LogP contribution >= 0.6 is 0 Å². The highest BCUT2D eigenvalue weighted by Crippen LogP contribution is 2.14. The molecule has 17 heavy (non-hydrogen) atoms. The van der Waals surface area contributed by atoms with Gasteiger partial charge in [-0.15, -0.1) is 0 Å². The fourth-order valence-electron chi connectivity index (χ4n) is 1.23. The van der Waals surface area contributed by atoms with Crippen LogP contribution < -0.4 is 5.32 Å². The predicted molar refractivity (Wildman–Crippen MR) is 60.1 cm³/mol. The number of nitrogens with one attached hydrogen (secondary N) is 1. The summed E-state index contributed by atoms with van der Waals surface area (Å²) in [6.07, 6.45) is 3.22. The van der Waals surface area contributed by atoms with Gasteiger partial charge in [0.1, 0.15) is 0 Å². The van der Waals surface area contributed by atoms with E-state index in [4.69, 9.17) is 4.74 Å². The van der Waals surface area contributed by atoms with E-state index < -0.39 is 17.5 Å². The molecule has 0 atom stereocenters. The molecule has 0 bridgehead atoms. The molecule has 0 aliphatic heterocycles. The van der Waals surface area contributed by atoms with E-state index in [0.717, 1.165) is 12.1 Å². The van der Waals surface area contributed by atoms with Gasteiger partial charge in [0, 0.05) is 20.2 Å². The van der Waals surface area contributed by atoms with Crippen LogP contribution in [0.3, 0.4) is 0 Å². The smallest absolute Gasteiger partial charge is 0.194 e. The minimum Gasteiger partial charge on any atom is -0.383 e. The largest absolute Gasteiger partial charge is 0.383 e. The van der Waals surface area contributed by atoms with Gasteiger partial charge in [-0.3, -0.25) is 0 Å². The van der Waals surface area contributed by atoms with Crippen molar-refractivity contribution in [2.75, 3.05) is 26.8 Å². The molecule has 0 aliphatic carbocycles. The fourth-order valence-corrected chi connectivity index (χ4v) is 1.23. The Morgan fingerprint density at radius 1 is 1.24 bits per heavy atom. The van der Waals surface area contributed by atoms with E-state index in [1.54, 1.807) is 13.2 Å². The second kappa shape index (κ2) is 7.09. The Morgan fingerprint density at radius 3 is 2.47 bits per heavy atom. The molecular formula is C12H14F3NO. The number of benzene rings is 1. The van der Waals surface area contributed by atoms with Crippen LogP contribution in [0.5, 0.6) is 0 Å². The lowest BCUT2D eigenvalue weighted by Crippen LogP contribution is -2.18. The van der Waals surface area contributed by atoms with Crippen molar-refractivity contribution < 1.29 is 17.9 Å². The molecular weight excluding hydrogens is 231 g/mol. The van der Waals surface area contributed by atoms with Crippen LogP contribution in [0, 0.1) is 17.5 Å². The number of rotatable bonds is 6. The Bertz CT molecular complexity index is 370. The first-order valence-electron chi connectivity index (χ1n) is 5.16. The first-order valence-corrected chi connectivity index (χ1v) is 5.16. The maximum atomic E-state index is 12.8. The highest BCUT2D eigenvalue weighted by atomic mass is 19.2. The van der Waals surface area contributed by atoms with Gasteiger partial charge in [-0.25, -0.2) is 13.2 Å². The molecule has 0 radical (unpaired) electrons. The molecule has 0 heterocycles. The summed E-state index contributed by atoms with van der Waals surface area (Å²) in [5, 5.41) is 3.02. The van der Waals surface area contributed by atoms with Crippen LogP contribution in [0.2, 0.25) is 0 Å². The fraction of sp³-hybridized carbons (Fsp3) is 0.333. The number of halogens is 3. The molecule has 1 aromatic rings. The lowest BCUT2D eigenvalue weighted by molar-refractivity contribution is 0.200. The van der Waals surface area contributed by atoms with Crippen molar-refractivity contribution in [2.24, 2.45) is 0 Å². The Kier molecular flexibility index (Phi) is 5.72. The van der Waals surface area contributed by atoms with Crippen molar-refractivity contribution in [1.82, 2.24) is 5.32 Å². The van der Waals surface area contributed by atoms with Gasteiger partial charge >= 0.3 is 0 Å². The quantitative estimate of drug-likeness (QED) is 0.613. The summed E-state index contributed by atoms with van der Waals surface area (Å²) in [5.41, 5.74) is 0.287. The number of hydrogen-bond acceptors (Lipinski definition) is 2. The van der Waals surface area contributed by atoms with Gasteiger partial charge in [-0.1, -0.05) is 12.2 Å². The van der Waals surface area contributed by atoms with Gasteiger partial charge in [-0.05, 0) is 17.7 Å². The van der Waals surface area contributed by atoms with Crippen molar-refractivity contribution in [3.63, 3.8) is 0 Å². The summed E-state index contributed by atoms with van der Waals surface area (Å²) in [7, 11) is 1.60. The summed E-state index contributed by atoms with van der Waals surface area (Å²) in [6, 6.07) is 1.90. The van der Waals surface area contributed by atoms with Gasteiger partial charge < -0.3 is 10.1 Å². The van der Waals surface area contributed by atoms with Crippen molar-refractivity contribution in [2.45, 2.75) is 0 Å². The molecule has 0 aromatic heterocycles. The highest BCUT2D eigenvalue weighted by molar-refractivity contribution is 5.49. The number of hydrogen-bond donors (Lipinski definition) is 1. The molecule has 0 saturated heterocycles. The summed E-state index contributed by atoms with van der Waals surface area (Å²) in [6.45, 7) is 1.82. The lowest BCUT2D eigenvalue weighted by atomic mass is 10.2. The van der Waals surface area contributed by atoms with E-state index in [2.05, 4.69) is 5.32 Å². The zero-order valence-electron chi connectivity index (χ0n) is 9.47. The van der Waals surface area contributed by atoms with E-state index in [0.29, 0.717) is 19.7 Å². The maximum Gasteiger partial charge on any atom is 0.194 e. The average molecular weight is 245 g/mol. The average Bonchev–Trinajstić information content (AvgIpc) is 2.30. The summed E-state index contributed by atoms with van der Waals surface area (Å²) in [5.74, 6) is -3.81. The molecule has 2 nitrogen and oxygen atoms in total. The van der Waals surface area contributed by atoms with Gasteiger partial charge in [0.2, 0.25) is 0 Å². The minimum atomic E-state index is -1.44. The molecule has 94 valence electrons. The zero-order chi connectivity index (χ0) is 12.7. The Hall–Kier alpha value is -1.33. The van der Waals surface area contributed by atoms with Crippen molar-refractivity contribution in [3.05, 3.63) is 41.2 Å². The topological polar surface area (TPSA) is 21.3 Å². The van der Waals surface area contributed by atoms with Crippen molar-refractivity contribution in [3.8, 4) is 0 Å². The lowest BCUT2D eigenvalue weighted by Gasteiger charge is -2.00. The SMILES string of the molecule is COCCNCC=Cc1cc(F)c(F)c(F)c1. The van der Waals surface area contributed by atoms with E-state index in [9.17, 15) is 13.2 Å². The Balaban J connectivity index is 2.48. The van der Waals surface area contributed by atoms with Crippen molar-refractivity contribution >= 4 is 6.08 Å². The number of ether oxygens (including phenoxy) is 1. The van der Waals surface area contributed by atoms with Crippen LogP contribution in [0.15, 0.2) is 18.2 Å². The molecule has 0 aliphatic rings. The van der Waals surface area contributed by atoms with Gasteiger partial charge in [0.05, 0.1) is 6.61 Å². The van der Waals surface area contributed by atoms with Crippen LogP contribution in [0.4, 0.5) is 13.2 Å². The minimum absolute atomic E-state index is 0.287. The summed E-state index contributed by atoms with van der Waals surface area (Å²) < 4.78 is 43.1. The second-order valence-corrected chi connectivity index (χ2v) is 3.40. The first kappa shape index (κ1) is 13.7. The molecule has 0 saturated carbocycles. The molecule has 1 N–H and O–H groups in total. The predicted octanol–water partition coefficient (Wildman–Crippen LogP) is 2.35. The molecule has 1 aromatic carbocycles. The monoisotopic (exact) mass is 245 g/mol. The van der Waals surface area contributed by atoms with E-state index in [1.807, 2.05) is 0 Å². The van der Waals surface area contributed by atoms with Gasteiger partial charge in [-0.2, -0.15) is 0 Å². The van der Waals surface area contributed by atoms with Crippen LogP contribution in [0.25, 0.3) is 6.08 Å². The van der Waals surface area contributed by atoms with E-state index in [-0.39, 0.29) is 5.56 Å². The van der Waals surface area contributed by atoms with Gasteiger partial charge in [0.15, 0.2) is 17.5 Å². The van der Waals surface area contributed by atoms with E-state index in [1.165, 1.54) is 6.08 Å². The molecule has 1 rings (SSSR count).